The number of carbonyl (C=O) groups is 1. The Morgan fingerprint density at radius 1 is 1.33 bits per heavy atom. The Bertz CT molecular complexity index is 1240. The maximum Gasteiger partial charge on any atom is 0.405 e. The number of nitrogens with one attached hydrogen (secondary N) is 2. The fourth-order valence-corrected chi connectivity index (χ4v) is 4.56. The first-order chi connectivity index (χ1) is 15.5. The molecule has 3 atom stereocenters. The molecule has 5 N–H and O–H groups in total. The fraction of sp³-hybridized carbons (Fsp3) is 0.526. The van der Waals surface area contributed by atoms with E-state index in [4.69, 9.17) is 10.6 Å². The molecular weight excluding hydrogens is 454 g/mol. The van der Waals surface area contributed by atoms with Crippen LogP contribution in [-0.4, -0.2) is 46.8 Å². The molecular formula is C19H21F4N5O5. The lowest BCUT2D eigenvalue weighted by molar-refractivity contribution is -0.181. The van der Waals surface area contributed by atoms with E-state index in [2.05, 4.69) is 5.32 Å². The van der Waals surface area contributed by atoms with Gasteiger partial charge in [0.15, 0.2) is 5.75 Å². The summed E-state index contributed by atoms with van der Waals surface area (Å²) in [5.41, 5.74) is -2.57. The smallest absolute Gasteiger partial charge is 0.405 e. The van der Waals surface area contributed by atoms with Crippen molar-refractivity contribution in [2.75, 3.05) is 26.0 Å². The molecule has 1 aromatic carbocycles. The number of fused-ring (bicyclic) bond motifs is 1. The van der Waals surface area contributed by atoms with Gasteiger partial charge in [-0.05, 0) is 18.9 Å². The zero-order valence-corrected chi connectivity index (χ0v) is 17.3. The molecule has 3 unspecified atom stereocenters. The molecule has 2 aromatic rings. The van der Waals surface area contributed by atoms with Crippen molar-refractivity contribution in [1.82, 2.24) is 19.9 Å². The number of methoxy groups -OCH3 is 1. The van der Waals surface area contributed by atoms with Crippen LogP contribution < -0.4 is 32.5 Å². The molecule has 2 aliphatic rings. The minimum absolute atomic E-state index is 0.139. The number of hydrogen-bond acceptors (Lipinski definition) is 6. The topological polar surface area (TPSA) is 141 Å². The van der Waals surface area contributed by atoms with E-state index in [0.717, 1.165) is 17.7 Å². The second kappa shape index (κ2) is 7.93. The lowest BCUT2D eigenvalue weighted by atomic mass is 9.83. The zero-order valence-electron chi connectivity index (χ0n) is 17.3. The summed E-state index contributed by atoms with van der Waals surface area (Å²) in [4.78, 5) is 36.8. The number of carboxylic acid groups (broad SMARTS) is 1. The lowest BCUT2D eigenvalue weighted by Gasteiger charge is -2.31. The van der Waals surface area contributed by atoms with E-state index in [1.807, 2.05) is 5.32 Å². The summed E-state index contributed by atoms with van der Waals surface area (Å²) in [7, 11) is 1.10. The molecule has 1 saturated heterocycles. The van der Waals surface area contributed by atoms with E-state index in [-0.39, 0.29) is 23.5 Å². The van der Waals surface area contributed by atoms with Crippen LogP contribution in [0.2, 0.25) is 0 Å². The van der Waals surface area contributed by atoms with Gasteiger partial charge in [-0.3, -0.25) is 9.36 Å². The summed E-state index contributed by atoms with van der Waals surface area (Å²) in [5, 5.41) is 13.6. The summed E-state index contributed by atoms with van der Waals surface area (Å²) in [6.07, 6.45) is -5.24. The highest BCUT2D eigenvalue weighted by atomic mass is 19.4. The van der Waals surface area contributed by atoms with Gasteiger partial charge >= 0.3 is 18.0 Å². The number of rotatable bonds is 5. The predicted molar refractivity (Wildman–Crippen MR) is 107 cm³/mol. The number of aromatic nitrogens is 2. The van der Waals surface area contributed by atoms with Crippen LogP contribution in [0.5, 0.6) is 5.75 Å². The van der Waals surface area contributed by atoms with E-state index in [1.54, 1.807) is 0 Å². The van der Waals surface area contributed by atoms with Crippen molar-refractivity contribution in [3.63, 3.8) is 0 Å². The number of nitrogens with two attached hydrogens (primary N) is 1. The van der Waals surface area contributed by atoms with Gasteiger partial charge in [-0.15, -0.1) is 0 Å². The normalized spacial score (nSPS) is 21.8. The fourth-order valence-electron chi connectivity index (χ4n) is 4.56. The Balaban J connectivity index is 2.04. The van der Waals surface area contributed by atoms with E-state index >= 15 is 4.39 Å². The molecule has 0 bridgehead atoms. The van der Waals surface area contributed by atoms with Crippen LogP contribution in [0.15, 0.2) is 15.7 Å². The molecule has 10 nitrogen and oxygen atoms in total. The SMILES string of the molecule is COc1c(C(NC(=O)O)C2CNCC2C(F)(F)F)c(F)cc2c(=O)n(N)c(=O)n(C3CC3)c12. The number of halogens is 4. The van der Waals surface area contributed by atoms with Crippen molar-refractivity contribution in [3.8, 4) is 5.75 Å². The molecule has 2 heterocycles. The molecule has 14 heteroatoms. The van der Waals surface area contributed by atoms with Gasteiger partial charge in [0.1, 0.15) is 11.3 Å². The van der Waals surface area contributed by atoms with Crippen molar-refractivity contribution in [2.24, 2.45) is 11.8 Å². The van der Waals surface area contributed by atoms with Gasteiger partial charge in [0.25, 0.3) is 5.56 Å². The van der Waals surface area contributed by atoms with Crippen LogP contribution in [-0.2, 0) is 0 Å². The van der Waals surface area contributed by atoms with E-state index in [0.29, 0.717) is 17.5 Å². The summed E-state index contributed by atoms with van der Waals surface area (Å²) < 4.78 is 63.1. The van der Waals surface area contributed by atoms with E-state index in [1.165, 1.54) is 0 Å². The highest BCUT2D eigenvalue weighted by Gasteiger charge is 2.51. The highest BCUT2D eigenvalue weighted by molar-refractivity contribution is 5.87. The third kappa shape index (κ3) is 3.77. The van der Waals surface area contributed by atoms with Gasteiger partial charge in [0.05, 0.1) is 30.0 Å². The Morgan fingerprint density at radius 3 is 2.55 bits per heavy atom. The minimum atomic E-state index is -4.68. The Labute approximate surface area is 182 Å². The molecule has 0 spiro atoms. The number of amides is 1. The minimum Gasteiger partial charge on any atom is -0.494 e. The van der Waals surface area contributed by atoms with Gasteiger partial charge in [-0.25, -0.2) is 14.0 Å². The average Bonchev–Trinajstić information content (AvgIpc) is 3.43. The van der Waals surface area contributed by atoms with Crippen LogP contribution >= 0.6 is 0 Å². The average molecular weight is 475 g/mol. The molecule has 1 amide bonds. The monoisotopic (exact) mass is 475 g/mol. The summed E-state index contributed by atoms with van der Waals surface area (Å²) in [6, 6.07) is -1.31. The molecule has 180 valence electrons. The van der Waals surface area contributed by atoms with Crippen LogP contribution in [0.1, 0.15) is 30.5 Å². The van der Waals surface area contributed by atoms with E-state index < -0.39 is 65.1 Å². The van der Waals surface area contributed by atoms with Crippen molar-refractivity contribution in [2.45, 2.75) is 31.1 Å². The summed E-state index contributed by atoms with van der Waals surface area (Å²) >= 11 is 0. The zero-order chi connectivity index (χ0) is 24.2. The van der Waals surface area contributed by atoms with Gasteiger partial charge in [0.2, 0.25) is 0 Å². The van der Waals surface area contributed by atoms with Gasteiger partial charge in [-0.1, -0.05) is 0 Å². The van der Waals surface area contributed by atoms with Crippen molar-refractivity contribution in [1.29, 1.82) is 0 Å². The molecule has 4 rings (SSSR count). The summed E-state index contributed by atoms with van der Waals surface area (Å²) in [6.45, 7) is -0.732. The molecule has 1 saturated carbocycles. The van der Waals surface area contributed by atoms with Gasteiger partial charge in [0, 0.05) is 25.0 Å². The first-order valence-corrected chi connectivity index (χ1v) is 10.1. The number of benzene rings is 1. The molecule has 1 aliphatic carbocycles. The molecule has 33 heavy (non-hydrogen) atoms. The van der Waals surface area contributed by atoms with Gasteiger partial charge < -0.3 is 26.3 Å². The highest BCUT2D eigenvalue weighted by Crippen LogP contribution is 2.46. The maximum atomic E-state index is 15.4. The van der Waals surface area contributed by atoms with Crippen LogP contribution in [0, 0.1) is 17.7 Å². The second-order valence-corrected chi connectivity index (χ2v) is 8.16. The first kappa shape index (κ1) is 22.9. The number of ether oxygens (including phenoxy) is 1. The number of nitrogen functional groups attached to an aromatic ring is 1. The number of nitrogens with zero attached hydrogens (tertiary/aromatic N) is 2. The third-order valence-corrected chi connectivity index (χ3v) is 6.16. The molecule has 1 aliphatic heterocycles. The third-order valence-electron chi connectivity index (χ3n) is 6.16. The molecule has 2 fully saturated rings. The number of hydrogen-bond donors (Lipinski definition) is 4. The van der Waals surface area contributed by atoms with Crippen molar-refractivity contribution in [3.05, 3.63) is 38.3 Å². The van der Waals surface area contributed by atoms with Gasteiger partial charge in [-0.2, -0.15) is 17.8 Å². The van der Waals surface area contributed by atoms with E-state index in [9.17, 15) is 32.7 Å². The molecule has 1 aromatic heterocycles. The quantitative estimate of drug-likeness (QED) is 0.375. The second-order valence-electron chi connectivity index (χ2n) is 8.16. The Morgan fingerprint density at radius 2 is 2.00 bits per heavy atom. The Kier molecular flexibility index (Phi) is 5.50. The van der Waals surface area contributed by atoms with Crippen LogP contribution in [0.3, 0.4) is 0 Å². The first-order valence-electron chi connectivity index (χ1n) is 10.1. The largest absolute Gasteiger partial charge is 0.494 e. The summed E-state index contributed by atoms with van der Waals surface area (Å²) in [5.74, 6) is 0.622. The van der Waals surface area contributed by atoms with Crippen LogP contribution in [0.25, 0.3) is 10.9 Å². The molecule has 0 radical (unpaired) electrons. The standard InChI is InChI=1S/C19H21F4N5O5/c1-33-15-12(13(26-17(30)31)9-5-25-6-10(9)19(21,22)23)11(20)4-8-14(15)27(7-2-3-7)18(32)28(24)16(8)29/h4,7,9-10,13,25-26H,2-3,5-6,24H2,1H3,(H,30,31). The Hall–Kier alpha value is -3.29. The maximum absolute atomic E-state index is 15.4. The lowest BCUT2D eigenvalue weighted by Crippen LogP contribution is -2.45. The van der Waals surface area contributed by atoms with Crippen molar-refractivity contribution >= 4 is 17.0 Å². The predicted octanol–water partition coefficient (Wildman–Crippen LogP) is 1.07. The van der Waals surface area contributed by atoms with Crippen molar-refractivity contribution < 1.29 is 32.2 Å². The van der Waals surface area contributed by atoms with Crippen LogP contribution in [0.4, 0.5) is 22.4 Å². The number of alkyl halides is 3.